The Balaban J connectivity index is 2.32. The number of sulfonamides is 1. The summed E-state index contributed by atoms with van der Waals surface area (Å²) in [4.78, 5) is 23.1. The molecule has 8 heteroatoms. The normalized spacial score (nSPS) is 11.2. The highest BCUT2D eigenvalue weighted by Gasteiger charge is 2.15. The van der Waals surface area contributed by atoms with Crippen LogP contribution in [-0.2, 0) is 14.8 Å². The molecule has 1 heterocycles. The first kappa shape index (κ1) is 16.7. The van der Waals surface area contributed by atoms with Crippen molar-refractivity contribution in [2.24, 2.45) is 0 Å². The van der Waals surface area contributed by atoms with Crippen LogP contribution in [0.15, 0.2) is 57.9 Å². The average Bonchev–Trinajstić information content (AvgIpc) is 2.57. The van der Waals surface area contributed by atoms with Gasteiger partial charge in [-0.15, -0.1) is 0 Å². The van der Waals surface area contributed by atoms with Crippen molar-refractivity contribution in [1.82, 2.24) is 0 Å². The molecule has 3 rings (SSSR count). The molecule has 0 saturated heterocycles. The molecule has 0 fully saturated rings. The largest absolute Gasteiger partial charge is 0.462 e. The Bertz CT molecular complexity index is 1110. The van der Waals surface area contributed by atoms with E-state index in [4.69, 9.17) is 4.42 Å². The predicted octanol–water partition coefficient (Wildman–Crippen LogP) is 2.40. The second-order valence-electron chi connectivity index (χ2n) is 5.37. The molecule has 0 aliphatic carbocycles. The number of amides is 1. The minimum absolute atomic E-state index is 0.00494. The lowest BCUT2D eigenvalue weighted by Crippen LogP contribution is -2.12. The van der Waals surface area contributed by atoms with E-state index in [2.05, 4.69) is 10.0 Å². The van der Waals surface area contributed by atoms with Gasteiger partial charge in [-0.3, -0.25) is 14.3 Å². The standard InChI is InChI=1S/C17H14N2O5S/c1-25(22,23)19-14-8-16-13(17(21)15(9-24-16)18-10-20)7-12(14)11-5-3-2-4-6-11/h2-10,19H,1H3,(H,18,20). The van der Waals surface area contributed by atoms with Gasteiger partial charge in [0.2, 0.25) is 21.9 Å². The van der Waals surface area contributed by atoms with Crippen molar-refractivity contribution in [3.8, 4) is 11.1 Å². The number of anilines is 2. The third-order valence-electron chi connectivity index (χ3n) is 3.51. The third-order valence-corrected chi connectivity index (χ3v) is 4.10. The quantitative estimate of drug-likeness (QED) is 0.681. The molecule has 0 aliphatic heterocycles. The summed E-state index contributed by atoms with van der Waals surface area (Å²) in [7, 11) is -3.53. The maximum absolute atomic E-state index is 12.5. The summed E-state index contributed by atoms with van der Waals surface area (Å²) in [6, 6.07) is 12.0. The molecular weight excluding hydrogens is 344 g/mol. The molecule has 2 N–H and O–H groups in total. The maximum Gasteiger partial charge on any atom is 0.229 e. The van der Waals surface area contributed by atoms with E-state index in [1.807, 2.05) is 6.07 Å². The fourth-order valence-corrected chi connectivity index (χ4v) is 3.05. The van der Waals surface area contributed by atoms with Crippen molar-refractivity contribution in [2.75, 3.05) is 16.3 Å². The molecule has 1 amide bonds. The summed E-state index contributed by atoms with van der Waals surface area (Å²) in [5.41, 5.74) is 1.33. The van der Waals surface area contributed by atoms with Crippen molar-refractivity contribution in [3.05, 3.63) is 59.0 Å². The second kappa shape index (κ2) is 6.40. The van der Waals surface area contributed by atoms with Gasteiger partial charge in [-0.25, -0.2) is 8.42 Å². The lowest BCUT2D eigenvalue weighted by atomic mass is 10.0. The van der Waals surface area contributed by atoms with Crippen molar-refractivity contribution in [1.29, 1.82) is 0 Å². The molecule has 0 spiro atoms. The number of rotatable bonds is 5. The Kier molecular flexibility index (Phi) is 4.28. The zero-order valence-electron chi connectivity index (χ0n) is 13.1. The molecule has 2 aromatic carbocycles. The first-order valence-corrected chi connectivity index (χ1v) is 9.11. The molecule has 3 aromatic rings. The first-order chi connectivity index (χ1) is 11.9. The van der Waals surface area contributed by atoms with Crippen LogP contribution in [0.1, 0.15) is 0 Å². The summed E-state index contributed by atoms with van der Waals surface area (Å²) in [6.07, 6.45) is 2.54. The van der Waals surface area contributed by atoms with Crippen molar-refractivity contribution < 1.29 is 17.6 Å². The van der Waals surface area contributed by atoms with Gasteiger partial charge in [-0.2, -0.15) is 0 Å². The fourth-order valence-electron chi connectivity index (χ4n) is 2.48. The van der Waals surface area contributed by atoms with Gasteiger partial charge in [-0.05, 0) is 11.6 Å². The van der Waals surface area contributed by atoms with Gasteiger partial charge in [0, 0.05) is 11.6 Å². The van der Waals surface area contributed by atoms with Gasteiger partial charge in [-0.1, -0.05) is 30.3 Å². The SMILES string of the molecule is CS(=O)(=O)Nc1cc2occ(NC=O)c(=O)c2cc1-c1ccccc1. The lowest BCUT2D eigenvalue weighted by molar-refractivity contribution is -0.105. The van der Waals surface area contributed by atoms with Crippen LogP contribution in [0, 0.1) is 0 Å². The second-order valence-corrected chi connectivity index (χ2v) is 7.12. The van der Waals surface area contributed by atoms with Crippen LogP contribution < -0.4 is 15.5 Å². The van der Waals surface area contributed by atoms with E-state index in [-0.39, 0.29) is 16.7 Å². The van der Waals surface area contributed by atoms with E-state index in [1.165, 1.54) is 6.07 Å². The summed E-state index contributed by atoms with van der Waals surface area (Å²) in [5, 5.41) is 2.51. The van der Waals surface area contributed by atoms with Gasteiger partial charge >= 0.3 is 0 Å². The highest BCUT2D eigenvalue weighted by atomic mass is 32.2. The van der Waals surface area contributed by atoms with E-state index in [9.17, 15) is 18.0 Å². The highest BCUT2D eigenvalue weighted by Crippen LogP contribution is 2.32. The molecule has 0 unspecified atom stereocenters. The minimum Gasteiger partial charge on any atom is -0.462 e. The lowest BCUT2D eigenvalue weighted by Gasteiger charge is -2.12. The van der Waals surface area contributed by atoms with E-state index >= 15 is 0 Å². The average molecular weight is 358 g/mol. The minimum atomic E-state index is -3.53. The first-order valence-electron chi connectivity index (χ1n) is 7.22. The third kappa shape index (κ3) is 3.53. The Morgan fingerprint density at radius 1 is 1.08 bits per heavy atom. The summed E-state index contributed by atoms with van der Waals surface area (Å²) in [6.45, 7) is 0. The zero-order chi connectivity index (χ0) is 18.0. The molecule has 25 heavy (non-hydrogen) atoms. The number of carbonyl (C=O) groups is 1. The van der Waals surface area contributed by atoms with E-state index in [0.717, 1.165) is 18.1 Å². The van der Waals surface area contributed by atoms with Crippen LogP contribution in [0.2, 0.25) is 0 Å². The Morgan fingerprint density at radius 2 is 1.80 bits per heavy atom. The fraction of sp³-hybridized carbons (Fsp3) is 0.0588. The van der Waals surface area contributed by atoms with Crippen LogP contribution in [0.5, 0.6) is 0 Å². The van der Waals surface area contributed by atoms with Crippen molar-refractivity contribution >= 4 is 38.8 Å². The van der Waals surface area contributed by atoms with Gasteiger partial charge < -0.3 is 9.73 Å². The van der Waals surface area contributed by atoms with Crippen molar-refractivity contribution in [2.45, 2.75) is 0 Å². The summed E-state index contributed by atoms with van der Waals surface area (Å²) in [5.74, 6) is 0. The Hall–Kier alpha value is -3.13. The predicted molar refractivity (Wildman–Crippen MR) is 96.1 cm³/mol. The number of benzene rings is 2. The van der Waals surface area contributed by atoms with Crippen LogP contribution in [0.4, 0.5) is 11.4 Å². The van der Waals surface area contributed by atoms with Gasteiger partial charge in [0.15, 0.2) is 0 Å². The summed E-state index contributed by atoms with van der Waals surface area (Å²) < 4.78 is 31.2. The van der Waals surface area contributed by atoms with Crippen molar-refractivity contribution in [3.63, 3.8) is 0 Å². The number of carbonyl (C=O) groups excluding carboxylic acids is 1. The molecule has 0 bridgehead atoms. The molecule has 0 aliphatic rings. The van der Waals surface area contributed by atoms with E-state index in [0.29, 0.717) is 17.7 Å². The van der Waals surface area contributed by atoms with Crippen LogP contribution in [-0.4, -0.2) is 21.1 Å². The van der Waals surface area contributed by atoms with Crippen LogP contribution >= 0.6 is 0 Å². The number of hydrogen-bond donors (Lipinski definition) is 2. The zero-order valence-corrected chi connectivity index (χ0v) is 14.0. The molecule has 128 valence electrons. The molecule has 7 nitrogen and oxygen atoms in total. The maximum atomic E-state index is 12.5. The van der Waals surface area contributed by atoms with Crippen LogP contribution in [0.25, 0.3) is 22.1 Å². The number of hydrogen-bond acceptors (Lipinski definition) is 5. The van der Waals surface area contributed by atoms with Gasteiger partial charge in [0.25, 0.3) is 0 Å². The molecule has 0 atom stereocenters. The van der Waals surface area contributed by atoms with E-state index in [1.54, 1.807) is 30.3 Å². The highest BCUT2D eigenvalue weighted by molar-refractivity contribution is 7.92. The van der Waals surface area contributed by atoms with Gasteiger partial charge in [0.1, 0.15) is 17.5 Å². The molecule has 0 radical (unpaired) electrons. The Labute approximate surface area is 143 Å². The van der Waals surface area contributed by atoms with E-state index < -0.39 is 15.5 Å². The number of nitrogens with one attached hydrogen (secondary N) is 2. The van der Waals surface area contributed by atoms with Crippen LogP contribution in [0.3, 0.4) is 0 Å². The smallest absolute Gasteiger partial charge is 0.229 e. The molecule has 0 saturated carbocycles. The summed E-state index contributed by atoms with van der Waals surface area (Å²) >= 11 is 0. The van der Waals surface area contributed by atoms with Gasteiger partial charge in [0.05, 0.1) is 17.3 Å². The number of fused-ring (bicyclic) bond motifs is 1. The topological polar surface area (TPSA) is 105 Å². The monoisotopic (exact) mass is 358 g/mol. The molecular formula is C17H14N2O5S. The Morgan fingerprint density at radius 3 is 2.44 bits per heavy atom. The molecule has 1 aromatic heterocycles.